The lowest BCUT2D eigenvalue weighted by atomic mass is 9.93. The lowest BCUT2D eigenvalue weighted by molar-refractivity contribution is 0.0951. The minimum Gasteiger partial charge on any atom is -0.493 e. The smallest absolute Gasteiger partial charge is 0.337 e. The quantitative estimate of drug-likeness (QED) is 0.552. The van der Waals surface area contributed by atoms with E-state index in [2.05, 4.69) is 10.6 Å². The molecule has 4 rings (SSSR count). The van der Waals surface area contributed by atoms with Crippen molar-refractivity contribution in [3.05, 3.63) is 94.5 Å². The Morgan fingerprint density at radius 3 is 2.31 bits per heavy atom. The summed E-state index contributed by atoms with van der Waals surface area (Å²) < 4.78 is 11.0. The Morgan fingerprint density at radius 2 is 1.67 bits per heavy atom. The van der Waals surface area contributed by atoms with Crippen LogP contribution in [0.2, 0.25) is 0 Å². The highest BCUT2D eigenvalue weighted by Gasteiger charge is 2.28. The monoisotopic (exact) mass is 486 g/mol. The molecular weight excluding hydrogens is 456 g/mol. The number of rotatable bonds is 6. The second-order valence-electron chi connectivity index (χ2n) is 8.51. The van der Waals surface area contributed by atoms with Gasteiger partial charge < -0.3 is 20.1 Å². The second-order valence-corrected chi connectivity index (χ2v) is 8.51. The van der Waals surface area contributed by atoms with E-state index < -0.39 is 0 Å². The zero-order chi connectivity index (χ0) is 25.7. The molecule has 36 heavy (non-hydrogen) atoms. The Bertz CT molecular complexity index is 1270. The minimum absolute atomic E-state index is 0.166. The van der Waals surface area contributed by atoms with Crippen LogP contribution in [0, 0.1) is 0 Å². The topological polar surface area (TPSA) is 92.3 Å². The van der Waals surface area contributed by atoms with Crippen molar-refractivity contribution in [2.24, 2.45) is 5.10 Å². The van der Waals surface area contributed by atoms with Crippen molar-refractivity contribution in [2.45, 2.75) is 25.9 Å². The van der Waals surface area contributed by atoms with Crippen LogP contribution < -0.4 is 20.1 Å². The van der Waals surface area contributed by atoms with E-state index in [4.69, 9.17) is 14.6 Å². The molecule has 1 aliphatic heterocycles. The highest BCUT2D eigenvalue weighted by Crippen LogP contribution is 2.34. The number of hydrogen-bond donors (Lipinski definition) is 2. The first-order valence-corrected chi connectivity index (χ1v) is 11.7. The van der Waals surface area contributed by atoms with Crippen molar-refractivity contribution in [3.8, 4) is 11.5 Å². The van der Waals surface area contributed by atoms with Crippen molar-refractivity contribution in [2.75, 3.05) is 21.3 Å². The summed E-state index contributed by atoms with van der Waals surface area (Å²) in [5.74, 6) is 1.02. The summed E-state index contributed by atoms with van der Waals surface area (Å²) in [4.78, 5) is 25.3. The molecule has 1 heterocycles. The van der Waals surface area contributed by atoms with Crippen molar-refractivity contribution in [1.82, 2.24) is 15.6 Å². The van der Waals surface area contributed by atoms with E-state index in [0.29, 0.717) is 35.7 Å². The number of hydrazone groups is 1. The zero-order valence-electron chi connectivity index (χ0n) is 20.9. The maximum Gasteiger partial charge on any atom is 0.337 e. The van der Waals surface area contributed by atoms with E-state index in [9.17, 15) is 9.59 Å². The van der Waals surface area contributed by atoms with Crippen LogP contribution in [0.5, 0.6) is 11.5 Å². The molecule has 1 atom stereocenters. The van der Waals surface area contributed by atoms with E-state index >= 15 is 0 Å². The van der Waals surface area contributed by atoms with Crippen LogP contribution in [0.15, 0.2) is 71.8 Å². The predicted molar refractivity (Wildman–Crippen MR) is 139 cm³/mol. The third kappa shape index (κ3) is 5.17. The molecule has 8 nitrogen and oxygen atoms in total. The Labute approximate surface area is 210 Å². The molecule has 2 N–H and O–H groups in total. The third-order valence-electron chi connectivity index (χ3n) is 6.14. The van der Waals surface area contributed by atoms with Gasteiger partial charge >= 0.3 is 6.03 Å². The summed E-state index contributed by atoms with van der Waals surface area (Å²) in [6.07, 6.45) is 0.579. The van der Waals surface area contributed by atoms with Crippen LogP contribution in [0.1, 0.15) is 39.5 Å². The van der Waals surface area contributed by atoms with Crippen LogP contribution in [0.25, 0.3) is 0 Å². The number of carbonyl (C=O) groups is 2. The molecule has 1 unspecified atom stereocenters. The van der Waals surface area contributed by atoms with Crippen molar-refractivity contribution in [3.63, 3.8) is 0 Å². The lowest BCUT2D eigenvalue weighted by Gasteiger charge is -2.22. The summed E-state index contributed by atoms with van der Waals surface area (Å²) in [5, 5.41) is 11.8. The molecule has 0 fully saturated rings. The molecule has 0 radical (unpaired) electrons. The SMILES string of the molecule is CNC(=O)N1N=C(c2ccc(C(=O)NCc3ccccc3)cc2)c2cc(OC)c(OC)cc2CC1C. The molecule has 186 valence electrons. The maximum atomic E-state index is 12.7. The fourth-order valence-corrected chi connectivity index (χ4v) is 4.21. The van der Waals surface area contributed by atoms with Gasteiger partial charge in [-0.1, -0.05) is 42.5 Å². The number of nitrogens with one attached hydrogen (secondary N) is 2. The molecule has 0 saturated heterocycles. The first-order chi connectivity index (χ1) is 17.4. The molecule has 0 bridgehead atoms. The van der Waals surface area contributed by atoms with Gasteiger partial charge in [-0.25, -0.2) is 9.80 Å². The number of ether oxygens (including phenoxy) is 2. The molecule has 0 aliphatic carbocycles. The van der Waals surface area contributed by atoms with Gasteiger partial charge in [-0.15, -0.1) is 0 Å². The number of urea groups is 1. The van der Waals surface area contributed by atoms with Crippen molar-refractivity contribution < 1.29 is 19.1 Å². The normalized spacial score (nSPS) is 14.7. The predicted octanol–water partition coefficient (Wildman–Crippen LogP) is 3.97. The highest BCUT2D eigenvalue weighted by molar-refractivity contribution is 6.15. The number of methoxy groups -OCH3 is 2. The number of carbonyl (C=O) groups excluding carboxylic acids is 2. The molecule has 3 aromatic rings. The fraction of sp³-hybridized carbons (Fsp3) is 0.250. The van der Waals surface area contributed by atoms with E-state index in [1.165, 1.54) is 5.01 Å². The summed E-state index contributed by atoms with van der Waals surface area (Å²) in [7, 11) is 4.76. The average Bonchev–Trinajstić information content (AvgIpc) is 3.06. The van der Waals surface area contributed by atoms with Crippen LogP contribution >= 0.6 is 0 Å². The number of benzene rings is 3. The number of amides is 3. The zero-order valence-corrected chi connectivity index (χ0v) is 20.9. The van der Waals surface area contributed by atoms with Crippen LogP contribution in [0.3, 0.4) is 0 Å². The second kappa shape index (κ2) is 10.9. The van der Waals surface area contributed by atoms with E-state index in [1.807, 2.05) is 61.5 Å². The number of hydrogen-bond acceptors (Lipinski definition) is 5. The van der Waals surface area contributed by atoms with Gasteiger partial charge in [0.25, 0.3) is 5.91 Å². The van der Waals surface area contributed by atoms with E-state index in [-0.39, 0.29) is 18.0 Å². The van der Waals surface area contributed by atoms with Crippen LogP contribution in [0.4, 0.5) is 4.79 Å². The van der Waals surface area contributed by atoms with Crippen LogP contribution in [-0.2, 0) is 13.0 Å². The Morgan fingerprint density at radius 1 is 1.00 bits per heavy atom. The van der Waals surface area contributed by atoms with Crippen molar-refractivity contribution in [1.29, 1.82) is 0 Å². The van der Waals surface area contributed by atoms with E-state index in [1.54, 1.807) is 33.4 Å². The first kappa shape index (κ1) is 24.8. The number of nitrogens with zero attached hydrogens (tertiary/aromatic N) is 2. The molecule has 1 aliphatic rings. The Balaban J connectivity index is 1.69. The van der Waals surface area contributed by atoms with Gasteiger partial charge in [-0.05, 0) is 48.7 Å². The third-order valence-corrected chi connectivity index (χ3v) is 6.14. The van der Waals surface area contributed by atoms with Gasteiger partial charge in [0.2, 0.25) is 0 Å². The average molecular weight is 487 g/mol. The summed E-state index contributed by atoms with van der Waals surface area (Å²) in [5.41, 5.74) is 4.76. The molecule has 3 aromatic carbocycles. The standard InChI is InChI=1S/C28H30N4O4/c1-18-14-22-15-24(35-3)25(36-4)16-23(22)26(31-32(18)28(34)29-2)20-10-12-21(13-11-20)27(33)30-17-19-8-6-5-7-9-19/h5-13,15-16,18H,14,17H2,1-4H3,(H,29,34)(H,30,33). The maximum absolute atomic E-state index is 12.7. The van der Waals surface area contributed by atoms with Gasteiger partial charge in [0.05, 0.1) is 26.0 Å². The van der Waals surface area contributed by atoms with Gasteiger partial charge in [0.15, 0.2) is 11.5 Å². The largest absolute Gasteiger partial charge is 0.493 e. The molecular formula is C28H30N4O4. The Kier molecular flexibility index (Phi) is 7.53. The molecule has 0 saturated carbocycles. The van der Waals surface area contributed by atoms with Crippen molar-refractivity contribution >= 4 is 17.6 Å². The lowest BCUT2D eigenvalue weighted by Crippen LogP contribution is -2.41. The summed E-state index contributed by atoms with van der Waals surface area (Å²) in [6.45, 7) is 2.39. The van der Waals surface area contributed by atoms with Crippen LogP contribution in [-0.4, -0.2) is 50.0 Å². The summed E-state index contributed by atoms with van der Waals surface area (Å²) in [6, 6.07) is 20.3. The fourth-order valence-electron chi connectivity index (χ4n) is 4.21. The van der Waals surface area contributed by atoms with Gasteiger partial charge in [0, 0.05) is 30.3 Å². The molecule has 0 spiro atoms. The molecule has 0 aromatic heterocycles. The summed E-state index contributed by atoms with van der Waals surface area (Å²) >= 11 is 0. The molecule has 8 heteroatoms. The highest BCUT2D eigenvalue weighted by atomic mass is 16.5. The first-order valence-electron chi connectivity index (χ1n) is 11.7. The van der Waals surface area contributed by atoms with Gasteiger partial charge in [-0.2, -0.15) is 5.10 Å². The molecule has 3 amide bonds. The minimum atomic E-state index is -0.302. The van der Waals surface area contributed by atoms with E-state index in [0.717, 1.165) is 22.3 Å². The van der Waals surface area contributed by atoms with Gasteiger partial charge in [-0.3, -0.25) is 4.79 Å². The number of fused-ring (bicyclic) bond motifs is 1. The van der Waals surface area contributed by atoms with Gasteiger partial charge in [0.1, 0.15) is 0 Å². The Hall–Kier alpha value is -4.33.